The van der Waals surface area contributed by atoms with E-state index >= 15 is 0 Å². The number of rotatable bonds is 5. The lowest BCUT2D eigenvalue weighted by Gasteiger charge is -2.16. The van der Waals surface area contributed by atoms with Gasteiger partial charge in [0, 0.05) is 13.1 Å². The number of nitro groups is 1. The highest BCUT2D eigenvalue weighted by molar-refractivity contribution is 5.75. The number of carbonyl (C=O) groups is 1. The van der Waals surface area contributed by atoms with Gasteiger partial charge in [0.05, 0.1) is 12.3 Å². The number of carbonyl (C=O) groups excluding carboxylic acids is 1. The number of pyridine rings is 1. The van der Waals surface area contributed by atoms with E-state index in [1.165, 1.54) is 18.3 Å². The Kier molecular flexibility index (Phi) is 4.38. The van der Waals surface area contributed by atoms with E-state index in [9.17, 15) is 14.9 Å². The Balaban J connectivity index is 2.66. The molecule has 0 radical (unpaired) electrons. The quantitative estimate of drug-likeness (QED) is 0.432. The second-order valence-corrected chi connectivity index (χ2v) is 3.29. The van der Waals surface area contributed by atoms with Gasteiger partial charge in [0.1, 0.15) is 6.54 Å². The van der Waals surface area contributed by atoms with Crippen LogP contribution >= 0.6 is 0 Å². The molecule has 1 heterocycles. The van der Waals surface area contributed by atoms with E-state index in [4.69, 9.17) is 4.74 Å². The number of esters is 1. The van der Waals surface area contributed by atoms with Gasteiger partial charge in [-0.05, 0) is 22.9 Å². The number of hydrogen-bond acceptors (Lipinski definition) is 6. The third-order valence-corrected chi connectivity index (χ3v) is 2.03. The monoisotopic (exact) mass is 239 g/mol. The highest BCUT2D eigenvalue weighted by atomic mass is 16.6. The van der Waals surface area contributed by atoms with Crippen molar-refractivity contribution in [1.29, 1.82) is 0 Å². The van der Waals surface area contributed by atoms with Crippen LogP contribution in [0.15, 0.2) is 18.3 Å². The van der Waals surface area contributed by atoms with E-state index in [1.54, 1.807) is 18.9 Å². The van der Waals surface area contributed by atoms with Gasteiger partial charge in [-0.15, -0.1) is 0 Å². The van der Waals surface area contributed by atoms with E-state index in [0.717, 1.165) is 0 Å². The Bertz CT molecular complexity index is 405. The van der Waals surface area contributed by atoms with Crippen molar-refractivity contribution in [3.63, 3.8) is 0 Å². The minimum absolute atomic E-state index is 0.0767. The van der Waals surface area contributed by atoms with Gasteiger partial charge in [0.25, 0.3) is 0 Å². The Morgan fingerprint density at radius 2 is 2.29 bits per heavy atom. The molecule has 0 spiro atoms. The summed E-state index contributed by atoms with van der Waals surface area (Å²) in [6.07, 6.45) is 1.34. The van der Waals surface area contributed by atoms with E-state index < -0.39 is 4.92 Å². The molecule has 0 fully saturated rings. The largest absolute Gasteiger partial charge is 0.465 e. The molecular weight excluding hydrogens is 226 g/mol. The molecule has 1 aromatic rings. The molecule has 0 bridgehead atoms. The minimum atomic E-state index is -0.574. The van der Waals surface area contributed by atoms with Gasteiger partial charge in [0.15, 0.2) is 6.20 Å². The lowest BCUT2D eigenvalue weighted by atomic mass is 10.3. The van der Waals surface area contributed by atoms with Gasteiger partial charge in [-0.25, -0.2) is 0 Å². The summed E-state index contributed by atoms with van der Waals surface area (Å²) in [4.78, 5) is 26.3. The fourth-order valence-electron chi connectivity index (χ4n) is 1.20. The molecule has 0 N–H and O–H groups in total. The second-order valence-electron chi connectivity index (χ2n) is 3.29. The van der Waals surface area contributed by atoms with Crippen molar-refractivity contribution in [2.75, 3.05) is 25.1 Å². The molecule has 0 aliphatic rings. The maximum atomic E-state index is 11.2. The highest BCUT2D eigenvalue weighted by Crippen LogP contribution is 2.14. The smallest absolute Gasteiger partial charge is 0.363 e. The van der Waals surface area contributed by atoms with Gasteiger partial charge >= 0.3 is 11.8 Å². The molecule has 17 heavy (non-hydrogen) atoms. The zero-order valence-electron chi connectivity index (χ0n) is 9.62. The maximum Gasteiger partial charge on any atom is 0.363 e. The fraction of sp³-hybridized carbons (Fsp3) is 0.400. The van der Waals surface area contributed by atoms with Crippen LogP contribution in [-0.4, -0.2) is 36.1 Å². The normalized spacial score (nSPS) is 9.76. The number of ether oxygens (including phenoxy) is 1. The third-order valence-electron chi connectivity index (χ3n) is 2.03. The summed E-state index contributed by atoms with van der Waals surface area (Å²) in [5, 5.41) is 10.4. The van der Waals surface area contributed by atoms with Crippen LogP contribution in [0.25, 0.3) is 0 Å². The first-order valence-corrected chi connectivity index (χ1v) is 5.01. The maximum absolute atomic E-state index is 11.2. The Hall–Kier alpha value is -2.18. The van der Waals surface area contributed by atoms with Crippen molar-refractivity contribution in [3.05, 3.63) is 28.4 Å². The van der Waals surface area contributed by atoms with Gasteiger partial charge in [-0.3, -0.25) is 4.79 Å². The molecule has 0 aliphatic carbocycles. The summed E-state index contributed by atoms with van der Waals surface area (Å²) in [5.41, 5.74) is 0.614. The number of hydrogen-bond donors (Lipinski definition) is 0. The third kappa shape index (κ3) is 3.71. The zero-order chi connectivity index (χ0) is 12.8. The number of nitrogens with zero attached hydrogens (tertiary/aromatic N) is 3. The highest BCUT2D eigenvalue weighted by Gasteiger charge is 2.12. The molecule has 0 aliphatic heterocycles. The molecule has 0 atom stereocenters. The van der Waals surface area contributed by atoms with Crippen molar-refractivity contribution in [2.24, 2.45) is 0 Å². The summed E-state index contributed by atoms with van der Waals surface area (Å²) in [7, 11) is 1.68. The van der Waals surface area contributed by atoms with Crippen LogP contribution in [0.5, 0.6) is 0 Å². The molecule has 0 saturated heterocycles. The van der Waals surface area contributed by atoms with Gasteiger partial charge < -0.3 is 19.8 Å². The summed E-state index contributed by atoms with van der Waals surface area (Å²) in [6, 6.07) is 2.82. The molecular formula is C10H13N3O4. The van der Waals surface area contributed by atoms with Crippen LogP contribution in [-0.2, 0) is 9.53 Å². The molecule has 1 rings (SSSR count). The first-order valence-electron chi connectivity index (χ1n) is 5.01. The Morgan fingerprint density at radius 3 is 2.76 bits per heavy atom. The lowest BCUT2D eigenvalue weighted by Crippen LogP contribution is -2.27. The summed E-state index contributed by atoms with van der Waals surface area (Å²) in [6.45, 7) is 2.13. The predicted molar refractivity (Wildman–Crippen MR) is 60.8 cm³/mol. The summed E-state index contributed by atoms with van der Waals surface area (Å²) < 4.78 is 4.79. The van der Waals surface area contributed by atoms with E-state index in [0.29, 0.717) is 12.3 Å². The first-order chi connectivity index (χ1) is 8.04. The minimum Gasteiger partial charge on any atom is -0.465 e. The van der Waals surface area contributed by atoms with Crippen molar-refractivity contribution < 1.29 is 14.5 Å². The van der Waals surface area contributed by atoms with E-state index in [-0.39, 0.29) is 18.3 Å². The van der Waals surface area contributed by atoms with Gasteiger partial charge in [0.2, 0.25) is 0 Å². The molecule has 0 aromatic carbocycles. The van der Waals surface area contributed by atoms with Gasteiger partial charge in [-0.1, -0.05) is 0 Å². The zero-order valence-corrected chi connectivity index (χ0v) is 9.62. The predicted octanol–water partition coefficient (Wildman–Crippen LogP) is 0.989. The van der Waals surface area contributed by atoms with E-state index in [1.807, 2.05) is 0 Å². The van der Waals surface area contributed by atoms with Crippen LogP contribution < -0.4 is 4.90 Å². The van der Waals surface area contributed by atoms with Crippen LogP contribution in [0.3, 0.4) is 0 Å². The van der Waals surface area contributed by atoms with Gasteiger partial charge in [-0.2, -0.15) is 0 Å². The SMILES string of the molecule is CCOC(=O)CN(C)c1ccc([N+](=O)[O-])nc1. The van der Waals surface area contributed by atoms with Crippen molar-refractivity contribution in [2.45, 2.75) is 6.92 Å². The summed E-state index contributed by atoms with van der Waals surface area (Å²) in [5.74, 6) is -0.577. The van der Waals surface area contributed by atoms with E-state index in [2.05, 4.69) is 4.98 Å². The standard InChI is InChI=1S/C10H13N3O4/c1-3-17-10(14)7-12(2)8-4-5-9(11-6-8)13(15)16/h4-6H,3,7H2,1-2H3. The molecule has 92 valence electrons. The van der Waals surface area contributed by atoms with Crippen molar-refractivity contribution in [1.82, 2.24) is 4.98 Å². The molecule has 0 saturated carbocycles. The Labute approximate surface area is 98.2 Å². The molecule has 0 amide bonds. The molecule has 7 nitrogen and oxygen atoms in total. The van der Waals surface area contributed by atoms with Crippen LogP contribution in [0, 0.1) is 10.1 Å². The number of aromatic nitrogens is 1. The average molecular weight is 239 g/mol. The fourth-order valence-corrected chi connectivity index (χ4v) is 1.20. The van der Waals surface area contributed by atoms with Crippen LogP contribution in [0.2, 0.25) is 0 Å². The Morgan fingerprint density at radius 1 is 1.59 bits per heavy atom. The molecule has 0 unspecified atom stereocenters. The van der Waals surface area contributed by atoms with Crippen molar-refractivity contribution >= 4 is 17.5 Å². The number of likely N-dealkylation sites (N-methyl/N-ethyl adjacent to an activating group) is 1. The van der Waals surface area contributed by atoms with Crippen LogP contribution in [0.1, 0.15) is 6.92 Å². The summed E-state index contributed by atoms with van der Waals surface area (Å²) >= 11 is 0. The first kappa shape index (κ1) is 12.9. The average Bonchev–Trinajstić information content (AvgIpc) is 2.29. The van der Waals surface area contributed by atoms with Crippen molar-refractivity contribution in [3.8, 4) is 0 Å². The molecule has 1 aromatic heterocycles. The van der Waals surface area contributed by atoms with Crippen LogP contribution in [0.4, 0.5) is 11.5 Å². The topological polar surface area (TPSA) is 85.6 Å². The lowest BCUT2D eigenvalue weighted by molar-refractivity contribution is -0.389. The molecule has 7 heteroatoms. The number of anilines is 1. The second kappa shape index (κ2) is 5.78.